The van der Waals surface area contributed by atoms with Gasteiger partial charge in [-0.15, -0.1) is 0 Å². The van der Waals surface area contributed by atoms with Crippen molar-refractivity contribution in [2.24, 2.45) is 0 Å². The van der Waals surface area contributed by atoms with Crippen molar-refractivity contribution >= 4 is 21.6 Å². The topological polar surface area (TPSA) is 69.7 Å². The van der Waals surface area contributed by atoms with E-state index < -0.39 is 21.9 Å². The SMILES string of the molecule is Cc1ccccc1NC(=O)C(C)N1CCN(S(=O)(=O)c2cccc(F)c2)CC1. The minimum Gasteiger partial charge on any atom is -0.324 e. The molecule has 1 heterocycles. The number of hydrogen-bond acceptors (Lipinski definition) is 4. The molecule has 1 N–H and O–H groups in total. The third kappa shape index (κ3) is 4.40. The summed E-state index contributed by atoms with van der Waals surface area (Å²) < 4.78 is 40.1. The van der Waals surface area contributed by atoms with Crippen LogP contribution in [0.1, 0.15) is 12.5 Å². The van der Waals surface area contributed by atoms with Gasteiger partial charge in [0.15, 0.2) is 0 Å². The maximum atomic E-state index is 13.4. The van der Waals surface area contributed by atoms with Crippen molar-refractivity contribution in [1.29, 1.82) is 0 Å². The van der Waals surface area contributed by atoms with E-state index >= 15 is 0 Å². The Morgan fingerprint density at radius 1 is 1.07 bits per heavy atom. The molecule has 2 aromatic rings. The van der Waals surface area contributed by atoms with E-state index in [1.54, 1.807) is 0 Å². The number of halogens is 1. The highest BCUT2D eigenvalue weighted by Gasteiger charge is 2.32. The zero-order valence-electron chi connectivity index (χ0n) is 15.9. The van der Waals surface area contributed by atoms with E-state index in [1.807, 2.05) is 43.0 Å². The molecule has 0 radical (unpaired) electrons. The Morgan fingerprint density at radius 2 is 1.75 bits per heavy atom. The van der Waals surface area contributed by atoms with Crippen LogP contribution in [0, 0.1) is 12.7 Å². The molecule has 1 amide bonds. The van der Waals surface area contributed by atoms with Gasteiger partial charge in [0.25, 0.3) is 0 Å². The third-order valence-electron chi connectivity index (χ3n) is 5.04. The molecular formula is C20H24FN3O3S. The largest absolute Gasteiger partial charge is 0.324 e. The fourth-order valence-electron chi connectivity index (χ4n) is 3.22. The summed E-state index contributed by atoms with van der Waals surface area (Å²) in [6.45, 7) is 5.09. The molecule has 1 saturated heterocycles. The van der Waals surface area contributed by atoms with Crippen molar-refractivity contribution in [2.75, 3.05) is 31.5 Å². The monoisotopic (exact) mass is 405 g/mol. The fourth-order valence-corrected chi connectivity index (χ4v) is 4.68. The van der Waals surface area contributed by atoms with Crippen LogP contribution in [0.15, 0.2) is 53.4 Å². The minimum absolute atomic E-state index is 0.0497. The fraction of sp³-hybridized carbons (Fsp3) is 0.350. The minimum atomic E-state index is -3.74. The zero-order chi connectivity index (χ0) is 20.3. The van der Waals surface area contributed by atoms with Crippen LogP contribution in [0.2, 0.25) is 0 Å². The lowest BCUT2D eigenvalue weighted by molar-refractivity contribution is -0.121. The van der Waals surface area contributed by atoms with Crippen LogP contribution >= 0.6 is 0 Å². The molecular weight excluding hydrogens is 381 g/mol. The van der Waals surface area contributed by atoms with Gasteiger partial charge in [0, 0.05) is 31.9 Å². The number of para-hydroxylation sites is 1. The third-order valence-corrected chi connectivity index (χ3v) is 6.93. The van der Waals surface area contributed by atoms with Gasteiger partial charge in [0.05, 0.1) is 10.9 Å². The highest BCUT2D eigenvalue weighted by molar-refractivity contribution is 7.89. The van der Waals surface area contributed by atoms with Crippen molar-refractivity contribution in [3.05, 3.63) is 59.9 Å². The van der Waals surface area contributed by atoms with Crippen LogP contribution in [0.4, 0.5) is 10.1 Å². The molecule has 1 atom stereocenters. The lowest BCUT2D eigenvalue weighted by Crippen LogP contribution is -2.53. The van der Waals surface area contributed by atoms with Crippen LogP contribution in [0.5, 0.6) is 0 Å². The Balaban J connectivity index is 1.61. The second-order valence-corrected chi connectivity index (χ2v) is 8.82. The van der Waals surface area contributed by atoms with Crippen LogP contribution in [-0.4, -0.2) is 55.8 Å². The number of carbonyl (C=O) groups excluding carboxylic acids is 1. The van der Waals surface area contributed by atoms with Crippen LogP contribution < -0.4 is 5.32 Å². The second-order valence-electron chi connectivity index (χ2n) is 6.88. The number of amides is 1. The number of sulfonamides is 1. The Labute approximate surface area is 165 Å². The zero-order valence-corrected chi connectivity index (χ0v) is 16.7. The number of hydrogen-bond donors (Lipinski definition) is 1. The Bertz CT molecular complexity index is 957. The van der Waals surface area contributed by atoms with Crippen molar-refractivity contribution in [3.8, 4) is 0 Å². The van der Waals surface area contributed by atoms with E-state index in [2.05, 4.69) is 5.32 Å². The maximum absolute atomic E-state index is 13.4. The number of carbonyl (C=O) groups is 1. The van der Waals surface area contributed by atoms with Crippen LogP contribution in [-0.2, 0) is 14.8 Å². The smallest absolute Gasteiger partial charge is 0.243 e. The van der Waals surface area contributed by atoms with E-state index in [0.717, 1.165) is 17.3 Å². The molecule has 1 aliphatic heterocycles. The first-order valence-corrected chi connectivity index (χ1v) is 10.6. The van der Waals surface area contributed by atoms with Crippen LogP contribution in [0.25, 0.3) is 0 Å². The average Bonchev–Trinajstić information content (AvgIpc) is 2.69. The Morgan fingerprint density at radius 3 is 2.39 bits per heavy atom. The molecule has 0 saturated carbocycles. The van der Waals surface area contributed by atoms with Gasteiger partial charge in [-0.25, -0.2) is 12.8 Å². The molecule has 8 heteroatoms. The predicted molar refractivity (Wildman–Crippen MR) is 106 cm³/mol. The number of aryl methyl sites for hydroxylation is 1. The van der Waals surface area contributed by atoms with Gasteiger partial charge >= 0.3 is 0 Å². The Kier molecular flexibility index (Phi) is 6.12. The summed E-state index contributed by atoms with van der Waals surface area (Å²) >= 11 is 0. The summed E-state index contributed by atoms with van der Waals surface area (Å²) in [5, 5.41) is 2.93. The predicted octanol–water partition coefficient (Wildman–Crippen LogP) is 2.47. The standard InChI is InChI=1S/C20H24FN3O3S/c1-15-6-3-4-9-19(15)22-20(25)16(2)23-10-12-24(13-11-23)28(26,27)18-8-5-7-17(21)14-18/h3-9,14,16H,10-13H2,1-2H3,(H,22,25). The first-order valence-electron chi connectivity index (χ1n) is 9.15. The number of anilines is 1. The van der Waals surface area contributed by atoms with E-state index in [0.29, 0.717) is 13.1 Å². The summed E-state index contributed by atoms with van der Waals surface area (Å²) in [6, 6.07) is 12.2. The highest BCUT2D eigenvalue weighted by atomic mass is 32.2. The van der Waals surface area contributed by atoms with E-state index in [-0.39, 0.29) is 23.9 Å². The van der Waals surface area contributed by atoms with Crippen molar-refractivity contribution in [1.82, 2.24) is 9.21 Å². The quantitative estimate of drug-likeness (QED) is 0.830. The average molecular weight is 405 g/mol. The highest BCUT2D eigenvalue weighted by Crippen LogP contribution is 2.20. The molecule has 28 heavy (non-hydrogen) atoms. The first kappa shape index (κ1) is 20.4. The van der Waals surface area contributed by atoms with E-state index in [4.69, 9.17) is 0 Å². The number of piperazine rings is 1. The van der Waals surface area contributed by atoms with Crippen molar-refractivity contribution in [2.45, 2.75) is 24.8 Å². The Hall–Kier alpha value is -2.29. The van der Waals surface area contributed by atoms with Gasteiger partial charge in [-0.3, -0.25) is 9.69 Å². The van der Waals surface area contributed by atoms with Gasteiger partial charge in [-0.05, 0) is 43.7 Å². The molecule has 6 nitrogen and oxygen atoms in total. The lowest BCUT2D eigenvalue weighted by atomic mass is 10.2. The van der Waals surface area contributed by atoms with Gasteiger partial charge in [0.2, 0.25) is 15.9 Å². The number of rotatable bonds is 5. The van der Waals surface area contributed by atoms with E-state index in [9.17, 15) is 17.6 Å². The summed E-state index contributed by atoms with van der Waals surface area (Å²) in [4.78, 5) is 14.5. The molecule has 2 aromatic carbocycles. The molecule has 1 unspecified atom stereocenters. The number of nitrogens with zero attached hydrogens (tertiary/aromatic N) is 2. The number of nitrogens with one attached hydrogen (secondary N) is 1. The van der Waals surface area contributed by atoms with Crippen molar-refractivity contribution < 1.29 is 17.6 Å². The van der Waals surface area contributed by atoms with Crippen molar-refractivity contribution in [3.63, 3.8) is 0 Å². The summed E-state index contributed by atoms with van der Waals surface area (Å²) in [6.07, 6.45) is 0. The molecule has 150 valence electrons. The maximum Gasteiger partial charge on any atom is 0.243 e. The van der Waals surface area contributed by atoms with Gasteiger partial charge in [-0.2, -0.15) is 4.31 Å². The molecule has 1 fully saturated rings. The van der Waals surface area contributed by atoms with Crippen LogP contribution in [0.3, 0.4) is 0 Å². The van der Waals surface area contributed by atoms with Gasteiger partial charge < -0.3 is 5.32 Å². The summed E-state index contributed by atoms with van der Waals surface area (Å²) in [5.74, 6) is -0.711. The van der Waals surface area contributed by atoms with Gasteiger partial charge in [-0.1, -0.05) is 24.3 Å². The second kappa shape index (κ2) is 8.38. The number of benzene rings is 2. The first-order chi connectivity index (χ1) is 13.3. The summed E-state index contributed by atoms with van der Waals surface area (Å²) in [7, 11) is -3.74. The molecule has 0 aliphatic carbocycles. The van der Waals surface area contributed by atoms with E-state index in [1.165, 1.54) is 22.5 Å². The normalized spacial score (nSPS) is 17.2. The molecule has 0 aromatic heterocycles. The molecule has 1 aliphatic rings. The molecule has 0 bridgehead atoms. The molecule has 3 rings (SSSR count). The summed E-state index contributed by atoms with van der Waals surface area (Å²) in [5.41, 5.74) is 1.75. The van der Waals surface area contributed by atoms with Gasteiger partial charge in [0.1, 0.15) is 5.82 Å². The lowest BCUT2D eigenvalue weighted by Gasteiger charge is -2.36. The molecule has 0 spiro atoms.